The number of piperidine rings is 1. The van der Waals surface area contributed by atoms with E-state index in [2.05, 4.69) is 5.32 Å². The van der Waals surface area contributed by atoms with Gasteiger partial charge >= 0.3 is 11.9 Å². The second kappa shape index (κ2) is 11.9. The summed E-state index contributed by atoms with van der Waals surface area (Å²) < 4.78 is 24.7. The molecular weight excluding hydrogens is 345 g/mol. The highest BCUT2D eigenvalue weighted by Crippen LogP contribution is 2.30. The van der Waals surface area contributed by atoms with Gasteiger partial charge in [-0.2, -0.15) is 0 Å². The number of halogens is 1. The molecule has 1 aliphatic rings. The highest BCUT2D eigenvalue weighted by Gasteiger charge is 2.16. The van der Waals surface area contributed by atoms with Crippen LogP contribution in [-0.4, -0.2) is 48.5 Å². The highest BCUT2D eigenvalue weighted by atomic mass is 19.1. The lowest BCUT2D eigenvalue weighted by atomic mass is 10.0. The Hall–Kier alpha value is -2.61. The lowest BCUT2D eigenvalue weighted by Crippen LogP contribution is -2.33. The first-order valence-electron chi connectivity index (χ1n) is 8.32. The summed E-state index contributed by atoms with van der Waals surface area (Å²) in [5.74, 6) is -1.69. The molecule has 0 amide bonds. The first kappa shape index (κ1) is 21.4. The summed E-state index contributed by atoms with van der Waals surface area (Å²) in [6.45, 7) is 4.93. The van der Waals surface area contributed by atoms with Gasteiger partial charge in [0.15, 0.2) is 17.3 Å². The largest absolute Gasteiger partial charge is 0.490 e. The van der Waals surface area contributed by atoms with E-state index >= 15 is 0 Å². The monoisotopic (exact) mass is 369 g/mol. The summed E-state index contributed by atoms with van der Waals surface area (Å²) in [4.78, 5) is 19.1. The van der Waals surface area contributed by atoms with Crippen LogP contribution in [0.25, 0.3) is 0 Å². The molecule has 0 saturated carbocycles. The van der Waals surface area contributed by atoms with Crippen LogP contribution in [0.1, 0.15) is 19.8 Å². The summed E-state index contributed by atoms with van der Waals surface area (Å²) in [6, 6.07) is 4.77. The van der Waals surface area contributed by atoms with Gasteiger partial charge in [-0.05, 0) is 38.4 Å². The van der Waals surface area contributed by atoms with E-state index < -0.39 is 11.9 Å². The Morgan fingerprint density at radius 1 is 1.27 bits per heavy atom. The van der Waals surface area contributed by atoms with Crippen molar-refractivity contribution in [3.63, 3.8) is 0 Å². The fraction of sp³-hybridized carbons (Fsp3) is 0.444. The van der Waals surface area contributed by atoms with Crippen molar-refractivity contribution >= 4 is 11.9 Å². The maximum atomic E-state index is 13.7. The van der Waals surface area contributed by atoms with Crippen LogP contribution in [0.3, 0.4) is 0 Å². The van der Waals surface area contributed by atoms with Gasteiger partial charge in [0.25, 0.3) is 0 Å². The molecule has 0 aromatic heterocycles. The molecule has 26 heavy (non-hydrogen) atoms. The van der Waals surface area contributed by atoms with E-state index in [1.165, 1.54) is 6.07 Å². The van der Waals surface area contributed by atoms with Crippen LogP contribution in [0.15, 0.2) is 30.4 Å². The molecule has 1 saturated heterocycles. The first-order valence-corrected chi connectivity index (χ1v) is 8.32. The van der Waals surface area contributed by atoms with Gasteiger partial charge in [0.1, 0.15) is 0 Å². The zero-order valence-electron chi connectivity index (χ0n) is 14.6. The number of rotatable bonds is 7. The van der Waals surface area contributed by atoms with Crippen molar-refractivity contribution in [2.24, 2.45) is 5.92 Å². The SMILES string of the molecule is CCOc1cccc(F)c1OC[C@H]1CCCNC1.O=C(O)/C=C/C(=O)O. The molecule has 0 aliphatic carbocycles. The van der Waals surface area contributed by atoms with E-state index in [0.717, 1.165) is 25.9 Å². The molecule has 1 atom stereocenters. The third kappa shape index (κ3) is 8.48. The number of aliphatic carboxylic acids is 2. The van der Waals surface area contributed by atoms with E-state index in [1.807, 2.05) is 6.92 Å². The lowest BCUT2D eigenvalue weighted by Gasteiger charge is -2.23. The molecule has 7 nitrogen and oxygen atoms in total. The van der Waals surface area contributed by atoms with E-state index in [0.29, 0.717) is 37.0 Å². The summed E-state index contributed by atoms with van der Waals surface area (Å²) in [5.41, 5.74) is 0. The van der Waals surface area contributed by atoms with Crippen LogP contribution in [0, 0.1) is 11.7 Å². The number of carboxylic acids is 2. The predicted octanol–water partition coefficient (Wildman–Crippen LogP) is 2.31. The molecule has 3 N–H and O–H groups in total. The van der Waals surface area contributed by atoms with Gasteiger partial charge in [-0.25, -0.2) is 14.0 Å². The molecule has 1 aliphatic heterocycles. The number of carboxylic acid groups (broad SMARTS) is 2. The fourth-order valence-corrected chi connectivity index (χ4v) is 2.31. The van der Waals surface area contributed by atoms with Crippen molar-refractivity contribution in [3.05, 3.63) is 36.2 Å². The Kier molecular flexibility index (Phi) is 9.78. The number of para-hydroxylation sites is 1. The number of carbonyl (C=O) groups is 2. The van der Waals surface area contributed by atoms with Gasteiger partial charge in [0.2, 0.25) is 0 Å². The molecule has 1 aromatic carbocycles. The molecule has 2 rings (SSSR count). The fourth-order valence-electron chi connectivity index (χ4n) is 2.31. The Bertz CT molecular complexity index is 598. The summed E-state index contributed by atoms with van der Waals surface area (Å²) in [6.07, 6.45) is 3.40. The lowest BCUT2D eigenvalue weighted by molar-refractivity contribution is -0.134. The van der Waals surface area contributed by atoms with Crippen LogP contribution < -0.4 is 14.8 Å². The Balaban J connectivity index is 0.000000359. The quantitative estimate of drug-likeness (QED) is 0.634. The van der Waals surface area contributed by atoms with Crippen molar-refractivity contribution in [3.8, 4) is 11.5 Å². The van der Waals surface area contributed by atoms with E-state index in [4.69, 9.17) is 19.7 Å². The van der Waals surface area contributed by atoms with Crippen LogP contribution in [0.5, 0.6) is 11.5 Å². The topological polar surface area (TPSA) is 105 Å². The van der Waals surface area contributed by atoms with Crippen molar-refractivity contribution in [1.82, 2.24) is 5.32 Å². The smallest absolute Gasteiger partial charge is 0.328 e. The molecule has 0 bridgehead atoms. The van der Waals surface area contributed by atoms with Gasteiger partial charge < -0.3 is 25.0 Å². The molecule has 1 aromatic rings. The van der Waals surface area contributed by atoms with Crippen LogP contribution in [0.4, 0.5) is 4.39 Å². The van der Waals surface area contributed by atoms with Crippen LogP contribution >= 0.6 is 0 Å². The maximum Gasteiger partial charge on any atom is 0.328 e. The van der Waals surface area contributed by atoms with Crippen LogP contribution in [0.2, 0.25) is 0 Å². The normalized spacial score (nSPS) is 16.5. The minimum atomic E-state index is -1.26. The first-order chi connectivity index (χ1) is 12.4. The van der Waals surface area contributed by atoms with Gasteiger partial charge in [-0.3, -0.25) is 0 Å². The molecule has 0 spiro atoms. The number of hydrogen-bond donors (Lipinski definition) is 3. The summed E-state index contributed by atoms with van der Waals surface area (Å²) >= 11 is 0. The zero-order valence-corrected chi connectivity index (χ0v) is 14.6. The van der Waals surface area contributed by atoms with Crippen molar-refractivity contribution in [2.75, 3.05) is 26.3 Å². The van der Waals surface area contributed by atoms with Crippen molar-refractivity contribution in [1.29, 1.82) is 0 Å². The number of nitrogens with one attached hydrogen (secondary N) is 1. The molecular formula is C18H24FNO6. The number of hydrogen-bond acceptors (Lipinski definition) is 5. The third-order valence-corrected chi connectivity index (χ3v) is 3.46. The van der Waals surface area contributed by atoms with Gasteiger partial charge in [0, 0.05) is 24.6 Å². The number of benzene rings is 1. The van der Waals surface area contributed by atoms with E-state index in [1.54, 1.807) is 12.1 Å². The molecule has 1 heterocycles. The average molecular weight is 369 g/mol. The molecule has 8 heteroatoms. The molecule has 0 radical (unpaired) electrons. The molecule has 144 valence electrons. The summed E-state index contributed by atoms with van der Waals surface area (Å²) in [7, 11) is 0. The minimum absolute atomic E-state index is 0.241. The average Bonchev–Trinajstić information content (AvgIpc) is 2.61. The second-order valence-corrected chi connectivity index (χ2v) is 5.53. The van der Waals surface area contributed by atoms with Gasteiger partial charge in [0.05, 0.1) is 13.2 Å². The minimum Gasteiger partial charge on any atom is -0.490 e. The summed E-state index contributed by atoms with van der Waals surface area (Å²) in [5, 5.41) is 18.9. The van der Waals surface area contributed by atoms with E-state index in [9.17, 15) is 14.0 Å². The highest BCUT2D eigenvalue weighted by molar-refractivity contribution is 5.89. The standard InChI is InChI=1S/C14H20FNO2.C4H4O4/c1-2-17-13-7-3-6-12(15)14(13)18-10-11-5-4-8-16-9-11;5-3(6)1-2-4(7)8/h3,6-7,11,16H,2,4-5,8-10H2,1H3;1-2H,(H,5,6)(H,7,8)/b;2-1+/t11-;/m0./s1. The Morgan fingerprint density at radius 2 is 1.96 bits per heavy atom. The molecule has 1 fully saturated rings. The molecule has 0 unspecified atom stereocenters. The number of ether oxygens (including phenoxy) is 2. The van der Waals surface area contributed by atoms with Crippen molar-refractivity contribution < 1.29 is 33.7 Å². The third-order valence-electron chi connectivity index (χ3n) is 3.46. The Morgan fingerprint density at radius 3 is 2.50 bits per heavy atom. The van der Waals surface area contributed by atoms with Crippen molar-refractivity contribution in [2.45, 2.75) is 19.8 Å². The predicted molar refractivity (Wildman–Crippen MR) is 93.1 cm³/mol. The van der Waals surface area contributed by atoms with Gasteiger partial charge in [-0.1, -0.05) is 6.07 Å². The van der Waals surface area contributed by atoms with E-state index in [-0.39, 0.29) is 11.6 Å². The van der Waals surface area contributed by atoms with Gasteiger partial charge in [-0.15, -0.1) is 0 Å². The zero-order chi connectivity index (χ0) is 19.4. The Labute approximate surface area is 151 Å². The second-order valence-electron chi connectivity index (χ2n) is 5.53. The maximum absolute atomic E-state index is 13.7. The van der Waals surface area contributed by atoms with Crippen LogP contribution in [-0.2, 0) is 9.59 Å².